The van der Waals surface area contributed by atoms with Crippen LogP contribution in [0.2, 0.25) is 5.02 Å². The SMILES string of the molecule is Cc1c(CC2(C)OB(c3cnc(OC(C)(C)C(F)(F)F)c(F)c3)OC2(C)C)nn2ccc(Cl)cc12. The third kappa shape index (κ3) is 4.61. The van der Waals surface area contributed by atoms with Crippen molar-refractivity contribution in [3.05, 3.63) is 52.7 Å². The normalized spacial score (nSPS) is 20.6. The Labute approximate surface area is 205 Å². The maximum atomic E-state index is 14.7. The molecule has 0 N–H and O–H groups in total. The summed E-state index contributed by atoms with van der Waals surface area (Å²) in [7, 11) is -0.992. The van der Waals surface area contributed by atoms with Gasteiger partial charge in [0.1, 0.15) is 0 Å². The first-order valence-corrected chi connectivity index (χ1v) is 11.3. The fraction of sp³-hybridized carbons (Fsp3) is 0.478. The fourth-order valence-electron chi connectivity index (χ4n) is 3.80. The Morgan fingerprint density at radius 3 is 2.49 bits per heavy atom. The van der Waals surface area contributed by atoms with Gasteiger partial charge in [-0.1, -0.05) is 11.6 Å². The fourth-order valence-corrected chi connectivity index (χ4v) is 3.96. The molecule has 6 nitrogen and oxygen atoms in total. The molecule has 0 aliphatic carbocycles. The van der Waals surface area contributed by atoms with E-state index in [9.17, 15) is 17.6 Å². The highest BCUT2D eigenvalue weighted by Crippen LogP contribution is 2.40. The smallest absolute Gasteiger partial charge is 0.460 e. The van der Waals surface area contributed by atoms with Crippen molar-refractivity contribution in [2.24, 2.45) is 0 Å². The van der Waals surface area contributed by atoms with Crippen molar-refractivity contribution in [1.82, 2.24) is 14.6 Å². The van der Waals surface area contributed by atoms with E-state index in [1.165, 1.54) is 6.20 Å². The molecule has 1 atom stereocenters. The number of hydrogen-bond acceptors (Lipinski definition) is 5. The van der Waals surface area contributed by atoms with Gasteiger partial charge in [-0.15, -0.1) is 0 Å². The third-order valence-electron chi connectivity index (χ3n) is 6.62. The van der Waals surface area contributed by atoms with Gasteiger partial charge in [-0.3, -0.25) is 0 Å². The Hall–Kier alpha value is -2.37. The Morgan fingerprint density at radius 1 is 1.17 bits per heavy atom. The van der Waals surface area contributed by atoms with E-state index in [1.807, 2.05) is 33.8 Å². The van der Waals surface area contributed by atoms with Crippen molar-refractivity contribution < 1.29 is 31.6 Å². The number of halogens is 5. The summed E-state index contributed by atoms with van der Waals surface area (Å²) in [6, 6.07) is 4.58. The topological polar surface area (TPSA) is 57.9 Å². The molecule has 3 aromatic rings. The largest absolute Gasteiger partial charge is 0.496 e. The van der Waals surface area contributed by atoms with Crippen molar-refractivity contribution in [2.45, 2.75) is 70.9 Å². The molecule has 188 valence electrons. The predicted octanol–water partition coefficient (Wildman–Crippen LogP) is 5.07. The van der Waals surface area contributed by atoms with Crippen LogP contribution in [-0.2, 0) is 15.7 Å². The lowest BCUT2D eigenvalue weighted by molar-refractivity contribution is -0.235. The summed E-state index contributed by atoms with van der Waals surface area (Å²) in [6.07, 6.45) is -1.35. The number of pyridine rings is 2. The van der Waals surface area contributed by atoms with E-state index >= 15 is 0 Å². The highest BCUT2D eigenvalue weighted by molar-refractivity contribution is 6.62. The summed E-state index contributed by atoms with van der Waals surface area (Å²) in [5.41, 5.74) is -1.48. The standard InChI is InChI=1S/C23H25BClF4N3O3/c1-13-17(31-32-8-7-15(25)10-18(13)32)11-22(6)20(2,3)34-24(35-22)14-9-16(26)19(30-12-14)33-21(4,5)23(27,28)29/h7-10,12H,11H2,1-6H3. The summed E-state index contributed by atoms with van der Waals surface area (Å²) in [5.74, 6) is -1.80. The molecule has 0 aromatic carbocycles. The van der Waals surface area contributed by atoms with E-state index in [0.29, 0.717) is 11.4 Å². The lowest BCUT2D eigenvalue weighted by Crippen LogP contribution is -2.46. The average molecular weight is 514 g/mol. The molecule has 35 heavy (non-hydrogen) atoms. The summed E-state index contributed by atoms with van der Waals surface area (Å²) in [4.78, 5) is 3.77. The lowest BCUT2D eigenvalue weighted by Gasteiger charge is -2.36. The zero-order valence-corrected chi connectivity index (χ0v) is 20.9. The molecule has 1 aliphatic rings. The first kappa shape index (κ1) is 25.7. The van der Waals surface area contributed by atoms with Gasteiger partial charge in [-0.2, -0.15) is 18.3 Å². The van der Waals surface area contributed by atoms with Crippen LogP contribution < -0.4 is 10.2 Å². The predicted molar refractivity (Wildman–Crippen MR) is 124 cm³/mol. The van der Waals surface area contributed by atoms with Gasteiger partial charge in [0.15, 0.2) is 11.4 Å². The van der Waals surface area contributed by atoms with Crippen molar-refractivity contribution in [3.63, 3.8) is 0 Å². The number of hydrogen-bond donors (Lipinski definition) is 0. The maximum absolute atomic E-state index is 14.7. The van der Waals surface area contributed by atoms with Gasteiger partial charge in [0.2, 0.25) is 0 Å². The quantitative estimate of drug-likeness (QED) is 0.352. The molecule has 1 saturated heterocycles. The number of nitrogens with zero attached hydrogens (tertiary/aromatic N) is 3. The van der Waals surface area contributed by atoms with Crippen molar-refractivity contribution in [2.75, 3.05) is 0 Å². The minimum Gasteiger partial charge on any atom is -0.460 e. The molecule has 0 saturated carbocycles. The first-order valence-electron chi connectivity index (χ1n) is 10.9. The molecule has 0 spiro atoms. The number of fused-ring (bicyclic) bond motifs is 1. The zero-order chi connectivity index (χ0) is 26.0. The molecule has 1 unspecified atom stereocenters. The first-order chi connectivity index (χ1) is 16.0. The Kier molecular flexibility index (Phi) is 6.13. The van der Waals surface area contributed by atoms with Crippen LogP contribution in [-0.4, -0.2) is 44.7 Å². The van der Waals surface area contributed by atoms with Gasteiger partial charge < -0.3 is 14.0 Å². The van der Waals surface area contributed by atoms with Crippen LogP contribution in [0.25, 0.3) is 5.52 Å². The molecule has 12 heteroatoms. The van der Waals surface area contributed by atoms with Crippen LogP contribution in [0, 0.1) is 12.7 Å². The monoisotopic (exact) mass is 513 g/mol. The number of aromatic nitrogens is 3. The molecule has 4 heterocycles. The second-order valence-electron chi connectivity index (χ2n) is 9.90. The summed E-state index contributed by atoms with van der Waals surface area (Å²) in [5, 5.41) is 5.24. The summed E-state index contributed by atoms with van der Waals surface area (Å²) in [6.45, 7) is 9.11. The minimum atomic E-state index is -4.70. The number of ether oxygens (including phenoxy) is 1. The molecule has 4 rings (SSSR count). The molecule has 0 radical (unpaired) electrons. The molecular weight excluding hydrogens is 489 g/mol. The van der Waals surface area contributed by atoms with Gasteiger partial charge in [-0.05, 0) is 65.3 Å². The zero-order valence-electron chi connectivity index (χ0n) is 20.1. The molecule has 0 amide bonds. The maximum Gasteiger partial charge on any atom is 0.496 e. The van der Waals surface area contributed by atoms with Crippen LogP contribution in [0.3, 0.4) is 0 Å². The molecule has 3 aromatic heterocycles. The molecule has 1 fully saturated rings. The summed E-state index contributed by atoms with van der Waals surface area (Å²) < 4.78 is 72.9. The second-order valence-corrected chi connectivity index (χ2v) is 10.3. The molecule has 0 bridgehead atoms. The average Bonchev–Trinajstić information content (AvgIpc) is 3.15. The van der Waals surface area contributed by atoms with Crippen LogP contribution in [0.5, 0.6) is 5.88 Å². The summed E-state index contributed by atoms with van der Waals surface area (Å²) >= 11 is 6.12. The number of aryl methyl sites for hydroxylation is 1. The van der Waals surface area contributed by atoms with Crippen LogP contribution in [0.4, 0.5) is 17.6 Å². The van der Waals surface area contributed by atoms with Crippen LogP contribution in [0.15, 0.2) is 30.6 Å². The highest BCUT2D eigenvalue weighted by atomic mass is 35.5. The molecular formula is C23H25BClF4N3O3. The number of alkyl halides is 3. The van der Waals surface area contributed by atoms with E-state index in [0.717, 1.165) is 36.7 Å². The highest BCUT2D eigenvalue weighted by Gasteiger charge is 2.55. The van der Waals surface area contributed by atoms with E-state index in [1.54, 1.807) is 16.8 Å². The van der Waals surface area contributed by atoms with Gasteiger partial charge in [0.05, 0.1) is 22.4 Å². The van der Waals surface area contributed by atoms with Crippen molar-refractivity contribution in [1.29, 1.82) is 0 Å². The van der Waals surface area contributed by atoms with E-state index in [4.69, 9.17) is 25.6 Å². The molecule has 1 aliphatic heterocycles. The third-order valence-corrected chi connectivity index (χ3v) is 6.86. The van der Waals surface area contributed by atoms with Crippen LogP contribution in [0.1, 0.15) is 45.9 Å². The van der Waals surface area contributed by atoms with Crippen LogP contribution >= 0.6 is 11.6 Å². The van der Waals surface area contributed by atoms with E-state index in [2.05, 4.69) is 10.1 Å². The lowest BCUT2D eigenvalue weighted by atomic mass is 9.80. The Morgan fingerprint density at radius 2 is 1.86 bits per heavy atom. The van der Waals surface area contributed by atoms with E-state index < -0.39 is 41.8 Å². The van der Waals surface area contributed by atoms with Gasteiger partial charge >= 0.3 is 13.3 Å². The Bertz CT molecular complexity index is 1280. The second kappa shape index (κ2) is 8.35. The van der Waals surface area contributed by atoms with Crippen molar-refractivity contribution in [3.8, 4) is 5.88 Å². The van der Waals surface area contributed by atoms with E-state index in [-0.39, 0.29) is 5.46 Å². The van der Waals surface area contributed by atoms with Gasteiger partial charge in [-0.25, -0.2) is 13.9 Å². The van der Waals surface area contributed by atoms with Gasteiger partial charge in [0, 0.05) is 29.3 Å². The minimum absolute atomic E-state index is 0.218. The number of rotatable bonds is 5. The van der Waals surface area contributed by atoms with Gasteiger partial charge in [0.25, 0.3) is 5.88 Å². The Balaban J connectivity index is 1.58. The van der Waals surface area contributed by atoms with Crippen molar-refractivity contribution >= 4 is 29.7 Å².